The minimum atomic E-state index is -2.90. The molecule has 47 heavy (non-hydrogen) atoms. The number of fused-ring (bicyclic) bond motifs is 1. The first-order valence-corrected chi connectivity index (χ1v) is 21.6. The van der Waals surface area contributed by atoms with Crippen molar-refractivity contribution in [3.63, 3.8) is 0 Å². The molecule has 0 unspecified atom stereocenters. The van der Waals surface area contributed by atoms with Gasteiger partial charge in [0, 0.05) is 5.56 Å². The zero-order valence-electron chi connectivity index (χ0n) is 29.2. The summed E-state index contributed by atoms with van der Waals surface area (Å²) in [5.74, 6) is 1.27. The summed E-state index contributed by atoms with van der Waals surface area (Å²) in [7, 11) is -3.48. The predicted molar refractivity (Wildman–Crippen MR) is 192 cm³/mol. The molecule has 252 valence electrons. The molecule has 1 aliphatic carbocycles. The second-order valence-corrected chi connectivity index (χ2v) is 23.5. The highest BCUT2D eigenvalue weighted by Gasteiger charge is 2.83. The maximum Gasteiger partial charge on any atom is 0.261 e. The van der Waals surface area contributed by atoms with Crippen LogP contribution in [0.4, 0.5) is 0 Å². The molecule has 7 nitrogen and oxygen atoms in total. The maximum atomic E-state index is 12.2. The Morgan fingerprint density at radius 1 is 0.851 bits per heavy atom. The first-order chi connectivity index (χ1) is 22.5. The van der Waals surface area contributed by atoms with E-state index in [2.05, 4.69) is 102 Å². The van der Waals surface area contributed by atoms with Crippen LogP contribution in [0.3, 0.4) is 0 Å². The van der Waals surface area contributed by atoms with Crippen LogP contribution in [0.15, 0.2) is 89.9 Å². The van der Waals surface area contributed by atoms with Crippen LogP contribution in [-0.4, -0.2) is 76.9 Å². The van der Waals surface area contributed by atoms with Crippen molar-refractivity contribution in [3.05, 3.63) is 90.5 Å². The molecule has 9 heteroatoms. The summed E-state index contributed by atoms with van der Waals surface area (Å²) < 4.78 is 33.5. The van der Waals surface area contributed by atoms with E-state index >= 15 is 0 Å². The van der Waals surface area contributed by atoms with Crippen molar-refractivity contribution in [1.82, 2.24) is 0 Å². The Kier molecular flexibility index (Phi) is 9.12. The normalized spacial score (nSPS) is 28.6. The van der Waals surface area contributed by atoms with Crippen LogP contribution in [0.5, 0.6) is 5.75 Å². The van der Waals surface area contributed by atoms with Gasteiger partial charge in [-0.2, -0.15) is 0 Å². The topological polar surface area (TPSA) is 82.0 Å². The lowest BCUT2D eigenvalue weighted by atomic mass is 9.85. The van der Waals surface area contributed by atoms with Crippen LogP contribution in [0.2, 0.25) is 23.2 Å². The molecule has 3 aromatic carbocycles. The summed E-state index contributed by atoms with van der Waals surface area (Å²) in [4.78, 5) is 5.29. The lowest BCUT2D eigenvalue weighted by molar-refractivity contribution is -0.0757. The number of hydrogen-bond acceptors (Lipinski definition) is 7. The minimum absolute atomic E-state index is 0.208. The molecule has 1 saturated heterocycles. The Hall–Kier alpha value is -2.80. The Morgan fingerprint density at radius 2 is 1.40 bits per heavy atom. The van der Waals surface area contributed by atoms with E-state index in [-0.39, 0.29) is 11.6 Å². The van der Waals surface area contributed by atoms with Crippen LogP contribution in [-0.2, 0) is 18.3 Å². The number of aliphatic hydroxyl groups is 1. The van der Waals surface area contributed by atoms with E-state index in [9.17, 15) is 5.11 Å². The van der Waals surface area contributed by atoms with Gasteiger partial charge in [-0.3, -0.25) is 0 Å². The summed E-state index contributed by atoms with van der Waals surface area (Å²) in [6.45, 7) is 15.8. The van der Waals surface area contributed by atoms with E-state index < -0.39 is 52.2 Å². The summed E-state index contributed by atoms with van der Waals surface area (Å²) >= 11 is 0. The summed E-state index contributed by atoms with van der Waals surface area (Å²) in [6, 6.07) is 31.9. The third-order valence-corrected chi connectivity index (χ3v) is 20.8. The van der Waals surface area contributed by atoms with Crippen LogP contribution in [0, 0.1) is 0 Å². The lowest BCUT2D eigenvalue weighted by Crippen LogP contribution is -2.68. The first-order valence-electron chi connectivity index (χ1n) is 17.2. The van der Waals surface area contributed by atoms with Crippen molar-refractivity contribution in [3.8, 4) is 5.75 Å². The molecule has 0 aromatic heterocycles. The molecule has 2 aliphatic heterocycles. The van der Waals surface area contributed by atoms with Crippen LogP contribution in [0.1, 0.15) is 54.0 Å². The van der Waals surface area contributed by atoms with Gasteiger partial charge >= 0.3 is 0 Å². The van der Waals surface area contributed by atoms with Crippen LogP contribution < -0.4 is 15.1 Å². The fourth-order valence-electron chi connectivity index (χ4n) is 8.15. The first kappa shape index (κ1) is 34.1. The molecule has 0 amide bonds. The number of hydrogen-bond donors (Lipinski definition) is 1. The Labute approximate surface area is 282 Å². The van der Waals surface area contributed by atoms with E-state index in [0.29, 0.717) is 5.90 Å². The highest BCUT2D eigenvalue weighted by Crippen LogP contribution is 2.61. The van der Waals surface area contributed by atoms with E-state index in [1.807, 2.05) is 31.2 Å². The number of epoxide rings is 1. The molecule has 2 heterocycles. The number of nitrogens with zero attached hydrogens (tertiary/aromatic N) is 1. The van der Waals surface area contributed by atoms with Crippen molar-refractivity contribution >= 4 is 32.9 Å². The molecule has 0 bridgehead atoms. The summed E-state index contributed by atoms with van der Waals surface area (Å²) in [6.07, 6.45) is -2.37. The zero-order chi connectivity index (χ0) is 33.7. The highest BCUT2D eigenvalue weighted by molar-refractivity contribution is 6.99. The molecule has 3 aliphatic rings. The second-order valence-electron chi connectivity index (χ2n) is 14.4. The molecule has 2 fully saturated rings. The van der Waals surface area contributed by atoms with Gasteiger partial charge in [-0.25, -0.2) is 4.99 Å². The number of aliphatic imine (C=N–C) groups is 1. The standard InChI is InChI=1S/C38H51NO6Si2/c1-9-46(10-2,11-3)45-35-37(26-42-47(36(5,6)7,30-18-14-12-15-19-30)31-20-16-13-17-21-31)33(44-37)32(40)38(35)27(4)43-34(39-38)28-22-24-29(41-8)25-23-28/h12-25,27,32-33,35,40H,9-11,26H2,1-8H3/t27-,32+,33+,35-,37+,38-/m0/s1. The average molecular weight is 674 g/mol. The highest BCUT2D eigenvalue weighted by atomic mass is 28.4. The van der Waals surface area contributed by atoms with Crippen LogP contribution >= 0.6 is 0 Å². The lowest BCUT2D eigenvalue weighted by Gasteiger charge is -2.46. The quantitative estimate of drug-likeness (QED) is 0.186. The van der Waals surface area contributed by atoms with Crippen LogP contribution in [0.25, 0.3) is 0 Å². The molecular formula is C38H51NO6Si2. The van der Waals surface area contributed by atoms with E-state index in [1.165, 1.54) is 10.4 Å². The molecule has 0 radical (unpaired) electrons. The molecule has 6 rings (SSSR count). The third-order valence-electron chi connectivity index (χ3n) is 11.2. The SMILES string of the molecule is CC[Si](CC)(CC)O[C@H]1[C@]2(CO[Si](c3ccccc3)(c3ccccc3)C(C)(C)C)O[C@@H]2[C@@H](O)[C@]12N=C(c1ccc(OC)cc1)O[C@H]2C. The number of ether oxygens (including phenoxy) is 3. The third kappa shape index (κ3) is 5.34. The molecular weight excluding hydrogens is 623 g/mol. The number of rotatable bonds is 12. The summed E-state index contributed by atoms with van der Waals surface area (Å²) in [5, 5.41) is 14.4. The van der Waals surface area contributed by atoms with E-state index in [4.69, 9.17) is 28.1 Å². The fraction of sp³-hybridized carbons (Fsp3) is 0.500. The molecule has 1 N–H and O–H groups in total. The number of aliphatic hydroxyl groups excluding tert-OH is 1. The fourth-order valence-corrected chi connectivity index (χ4v) is 15.6. The van der Waals surface area contributed by atoms with Crippen molar-refractivity contribution in [2.75, 3.05) is 13.7 Å². The van der Waals surface area contributed by atoms with Crippen molar-refractivity contribution in [2.45, 2.75) is 107 Å². The van der Waals surface area contributed by atoms with Gasteiger partial charge in [-0.05, 0) is 64.7 Å². The Morgan fingerprint density at radius 3 is 1.89 bits per heavy atom. The van der Waals surface area contributed by atoms with Gasteiger partial charge in [0.25, 0.3) is 8.32 Å². The molecule has 3 aromatic rings. The van der Waals surface area contributed by atoms with Gasteiger partial charge in [0.05, 0.1) is 13.7 Å². The molecule has 1 saturated carbocycles. The Bertz CT molecular complexity index is 1510. The predicted octanol–water partition coefficient (Wildman–Crippen LogP) is 6.08. The van der Waals surface area contributed by atoms with Gasteiger partial charge in [0.1, 0.15) is 35.8 Å². The van der Waals surface area contributed by atoms with E-state index in [0.717, 1.165) is 29.4 Å². The van der Waals surface area contributed by atoms with Gasteiger partial charge < -0.3 is 28.2 Å². The average Bonchev–Trinajstić information content (AvgIpc) is 3.67. The van der Waals surface area contributed by atoms with Crippen molar-refractivity contribution in [1.29, 1.82) is 0 Å². The zero-order valence-corrected chi connectivity index (χ0v) is 31.2. The Balaban J connectivity index is 1.46. The molecule has 1 spiro atoms. The van der Waals surface area contributed by atoms with Gasteiger partial charge in [-0.15, -0.1) is 0 Å². The number of benzene rings is 3. The molecule has 6 atom stereocenters. The monoisotopic (exact) mass is 673 g/mol. The van der Waals surface area contributed by atoms with Gasteiger partial charge in [-0.1, -0.05) is 102 Å². The summed E-state index contributed by atoms with van der Waals surface area (Å²) in [5.41, 5.74) is -1.06. The second kappa shape index (κ2) is 12.6. The number of methoxy groups -OCH3 is 1. The van der Waals surface area contributed by atoms with Crippen molar-refractivity contribution < 1.29 is 28.2 Å². The largest absolute Gasteiger partial charge is 0.497 e. The van der Waals surface area contributed by atoms with Gasteiger partial charge in [0.15, 0.2) is 13.9 Å². The maximum absolute atomic E-state index is 12.2. The van der Waals surface area contributed by atoms with Gasteiger partial charge in [0.2, 0.25) is 5.90 Å². The van der Waals surface area contributed by atoms with Crippen molar-refractivity contribution in [2.24, 2.45) is 4.99 Å². The smallest absolute Gasteiger partial charge is 0.261 e. The van der Waals surface area contributed by atoms with E-state index in [1.54, 1.807) is 7.11 Å². The minimum Gasteiger partial charge on any atom is -0.497 e.